The van der Waals surface area contributed by atoms with Crippen molar-refractivity contribution in [3.8, 4) is 0 Å². The van der Waals surface area contributed by atoms with Crippen LogP contribution in [0.2, 0.25) is 0 Å². The van der Waals surface area contributed by atoms with Crippen LogP contribution in [-0.4, -0.2) is 16.0 Å². The largest absolute Gasteiger partial charge is 0.384 e. The molecule has 4 nitrogen and oxygen atoms in total. The van der Waals surface area contributed by atoms with E-state index in [1.54, 1.807) is 0 Å². The van der Waals surface area contributed by atoms with Crippen molar-refractivity contribution in [2.75, 3.05) is 11.1 Å². The van der Waals surface area contributed by atoms with Crippen LogP contribution in [0, 0.1) is 0 Å². The zero-order valence-electron chi connectivity index (χ0n) is 13.0. The molecule has 4 heteroatoms. The molecule has 1 atom stereocenters. The highest BCUT2D eigenvalue weighted by molar-refractivity contribution is 5.45. The summed E-state index contributed by atoms with van der Waals surface area (Å²) in [6, 6.07) is 2.22. The van der Waals surface area contributed by atoms with E-state index in [0.717, 1.165) is 18.1 Å². The Labute approximate surface area is 117 Å². The maximum absolute atomic E-state index is 5.86. The maximum atomic E-state index is 5.86. The zero-order chi connectivity index (χ0) is 14.5. The second kappa shape index (κ2) is 6.73. The van der Waals surface area contributed by atoms with Gasteiger partial charge in [-0.1, -0.05) is 47.0 Å². The third-order valence-electron chi connectivity index (χ3n) is 3.05. The fourth-order valence-corrected chi connectivity index (χ4v) is 1.90. The lowest BCUT2D eigenvalue weighted by Gasteiger charge is -2.20. The molecular formula is C15H28N4. The Morgan fingerprint density at radius 3 is 2.53 bits per heavy atom. The van der Waals surface area contributed by atoms with Crippen LogP contribution >= 0.6 is 0 Å². The Hall–Kier alpha value is -1.32. The van der Waals surface area contributed by atoms with Gasteiger partial charge in [-0.25, -0.2) is 9.97 Å². The molecule has 0 saturated heterocycles. The lowest BCUT2D eigenvalue weighted by molar-refractivity contribution is 0.545. The molecular weight excluding hydrogens is 236 g/mol. The lowest BCUT2D eigenvalue weighted by atomic mass is 9.96. The van der Waals surface area contributed by atoms with Crippen LogP contribution in [0.5, 0.6) is 0 Å². The summed E-state index contributed by atoms with van der Waals surface area (Å²) >= 11 is 0. The second-order valence-corrected chi connectivity index (χ2v) is 6.29. The minimum Gasteiger partial charge on any atom is -0.384 e. The van der Waals surface area contributed by atoms with E-state index in [9.17, 15) is 0 Å². The van der Waals surface area contributed by atoms with Crippen molar-refractivity contribution in [2.24, 2.45) is 0 Å². The number of nitrogens with one attached hydrogen (secondary N) is 1. The van der Waals surface area contributed by atoms with Crippen LogP contribution in [0.4, 0.5) is 11.6 Å². The van der Waals surface area contributed by atoms with Crippen LogP contribution in [0.25, 0.3) is 0 Å². The molecule has 0 radical (unpaired) electrons. The van der Waals surface area contributed by atoms with Gasteiger partial charge in [0.2, 0.25) is 0 Å². The van der Waals surface area contributed by atoms with Gasteiger partial charge in [0.05, 0.1) is 0 Å². The van der Waals surface area contributed by atoms with Crippen molar-refractivity contribution in [1.82, 2.24) is 9.97 Å². The second-order valence-electron chi connectivity index (χ2n) is 6.29. The van der Waals surface area contributed by atoms with Gasteiger partial charge in [0, 0.05) is 17.5 Å². The molecule has 1 aromatic heterocycles. The summed E-state index contributed by atoms with van der Waals surface area (Å²) < 4.78 is 0. The van der Waals surface area contributed by atoms with E-state index in [4.69, 9.17) is 5.73 Å². The Balaban J connectivity index is 2.70. The normalized spacial score (nSPS) is 13.3. The first-order valence-corrected chi connectivity index (χ1v) is 7.24. The molecule has 1 aromatic rings. The topological polar surface area (TPSA) is 63.8 Å². The van der Waals surface area contributed by atoms with Crippen molar-refractivity contribution in [3.63, 3.8) is 0 Å². The van der Waals surface area contributed by atoms with E-state index < -0.39 is 0 Å². The number of rotatable bonds is 6. The first-order chi connectivity index (χ1) is 8.82. The summed E-state index contributed by atoms with van der Waals surface area (Å²) in [5.74, 6) is 2.15. The first kappa shape index (κ1) is 15.7. The molecule has 0 spiro atoms. The third kappa shape index (κ3) is 5.45. The number of hydrogen-bond acceptors (Lipinski definition) is 4. The molecule has 0 fully saturated rings. The van der Waals surface area contributed by atoms with Gasteiger partial charge >= 0.3 is 0 Å². The SMILES string of the molecule is CCCCCC(C)Nc1cc(N)nc(C(C)(C)C)n1. The molecule has 1 rings (SSSR count). The highest BCUT2D eigenvalue weighted by Crippen LogP contribution is 2.21. The molecule has 1 unspecified atom stereocenters. The fourth-order valence-electron chi connectivity index (χ4n) is 1.90. The first-order valence-electron chi connectivity index (χ1n) is 7.24. The van der Waals surface area contributed by atoms with E-state index in [1.807, 2.05) is 6.07 Å². The van der Waals surface area contributed by atoms with Crippen molar-refractivity contribution in [3.05, 3.63) is 11.9 Å². The van der Waals surface area contributed by atoms with Crippen molar-refractivity contribution in [1.29, 1.82) is 0 Å². The molecule has 0 aliphatic rings. The van der Waals surface area contributed by atoms with E-state index in [0.29, 0.717) is 11.9 Å². The number of nitrogens with two attached hydrogens (primary N) is 1. The Kier molecular flexibility index (Phi) is 5.58. The quantitative estimate of drug-likeness (QED) is 0.768. The number of hydrogen-bond donors (Lipinski definition) is 2. The standard InChI is InChI=1S/C15H28N4/c1-6-7-8-9-11(2)17-13-10-12(16)18-14(19-13)15(3,4)5/h10-11H,6-9H2,1-5H3,(H3,16,17,18,19). The lowest BCUT2D eigenvalue weighted by Crippen LogP contribution is -2.21. The number of anilines is 2. The van der Waals surface area contributed by atoms with Gasteiger partial charge < -0.3 is 11.1 Å². The minimum atomic E-state index is -0.0861. The summed E-state index contributed by atoms with van der Waals surface area (Å²) in [5.41, 5.74) is 5.78. The Morgan fingerprint density at radius 1 is 1.26 bits per heavy atom. The number of nitrogen functional groups attached to an aromatic ring is 1. The highest BCUT2D eigenvalue weighted by Gasteiger charge is 2.19. The van der Waals surface area contributed by atoms with Gasteiger partial charge in [0.25, 0.3) is 0 Å². The van der Waals surface area contributed by atoms with Gasteiger partial charge in [-0.3, -0.25) is 0 Å². The molecule has 19 heavy (non-hydrogen) atoms. The third-order valence-corrected chi connectivity index (χ3v) is 3.05. The van der Waals surface area contributed by atoms with E-state index in [-0.39, 0.29) is 5.41 Å². The van der Waals surface area contributed by atoms with Crippen molar-refractivity contribution in [2.45, 2.75) is 71.8 Å². The van der Waals surface area contributed by atoms with Gasteiger partial charge in [0.1, 0.15) is 17.5 Å². The predicted molar refractivity (Wildman–Crippen MR) is 82.4 cm³/mol. The van der Waals surface area contributed by atoms with Gasteiger partial charge in [-0.05, 0) is 13.3 Å². The zero-order valence-corrected chi connectivity index (χ0v) is 13.0. The smallest absolute Gasteiger partial charge is 0.138 e. The molecule has 0 amide bonds. The van der Waals surface area contributed by atoms with Gasteiger partial charge in [0.15, 0.2) is 0 Å². The number of unbranched alkanes of at least 4 members (excludes halogenated alkanes) is 2. The maximum Gasteiger partial charge on any atom is 0.138 e. The molecule has 0 bridgehead atoms. The number of nitrogens with zero attached hydrogens (tertiary/aromatic N) is 2. The Morgan fingerprint density at radius 2 is 1.95 bits per heavy atom. The summed E-state index contributed by atoms with van der Waals surface area (Å²) in [7, 11) is 0. The van der Waals surface area contributed by atoms with Crippen molar-refractivity contribution < 1.29 is 0 Å². The average molecular weight is 264 g/mol. The number of aromatic nitrogens is 2. The molecule has 108 valence electrons. The molecule has 1 heterocycles. The summed E-state index contributed by atoms with van der Waals surface area (Å²) in [4.78, 5) is 8.89. The van der Waals surface area contributed by atoms with Crippen molar-refractivity contribution >= 4 is 11.6 Å². The monoisotopic (exact) mass is 264 g/mol. The van der Waals surface area contributed by atoms with Gasteiger partial charge in [-0.15, -0.1) is 0 Å². The molecule has 3 N–H and O–H groups in total. The van der Waals surface area contributed by atoms with E-state index in [1.165, 1.54) is 19.3 Å². The summed E-state index contributed by atoms with van der Waals surface area (Å²) in [6.45, 7) is 10.7. The van der Waals surface area contributed by atoms with E-state index >= 15 is 0 Å². The Bertz CT molecular complexity index is 396. The van der Waals surface area contributed by atoms with E-state index in [2.05, 4.69) is 49.9 Å². The van der Waals surface area contributed by atoms with Crippen LogP contribution in [0.1, 0.15) is 66.1 Å². The molecule has 0 aromatic carbocycles. The summed E-state index contributed by atoms with van der Waals surface area (Å²) in [6.07, 6.45) is 4.94. The fraction of sp³-hybridized carbons (Fsp3) is 0.733. The van der Waals surface area contributed by atoms with Gasteiger partial charge in [-0.2, -0.15) is 0 Å². The van der Waals surface area contributed by atoms with Crippen LogP contribution < -0.4 is 11.1 Å². The van der Waals surface area contributed by atoms with Crippen LogP contribution in [-0.2, 0) is 5.41 Å². The average Bonchev–Trinajstić information content (AvgIpc) is 2.27. The molecule has 0 aliphatic heterocycles. The van der Waals surface area contributed by atoms with Crippen LogP contribution in [0.15, 0.2) is 6.07 Å². The molecule has 0 saturated carbocycles. The highest BCUT2D eigenvalue weighted by atomic mass is 15.1. The predicted octanol–water partition coefficient (Wildman–Crippen LogP) is 3.74. The molecule has 0 aliphatic carbocycles. The minimum absolute atomic E-state index is 0.0861. The van der Waals surface area contributed by atoms with Crippen LogP contribution in [0.3, 0.4) is 0 Å². The summed E-state index contributed by atoms with van der Waals surface area (Å²) in [5, 5.41) is 3.42.